The molecule has 1 atom stereocenters. The van der Waals surface area contributed by atoms with E-state index in [9.17, 15) is 4.79 Å². The second-order valence-corrected chi connectivity index (χ2v) is 7.87. The van der Waals surface area contributed by atoms with Crippen molar-refractivity contribution in [3.8, 4) is 23.0 Å². The van der Waals surface area contributed by atoms with Crippen molar-refractivity contribution in [2.45, 2.75) is 45.3 Å². The van der Waals surface area contributed by atoms with E-state index >= 15 is 0 Å². The molecule has 7 heteroatoms. The minimum absolute atomic E-state index is 0.0415. The van der Waals surface area contributed by atoms with Crippen LogP contribution in [0.25, 0.3) is 11.1 Å². The lowest BCUT2D eigenvalue weighted by Gasteiger charge is -2.27. The summed E-state index contributed by atoms with van der Waals surface area (Å²) in [7, 11) is 1.55. The zero-order valence-electron chi connectivity index (χ0n) is 18.0. The van der Waals surface area contributed by atoms with Crippen LogP contribution in [0.3, 0.4) is 0 Å². The summed E-state index contributed by atoms with van der Waals surface area (Å²) in [6.45, 7) is 3.88. The molecule has 1 aliphatic rings. The largest absolute Gasteiger partial charge is 0.475 e. The number of amides is 1. The van der Waals surface area contributed by atoms with Gasteiger partial charge in [-0.2, -0.15) is 0 Å². The average Bonchev–Trinajstić information content (AvgIpc) is 2.79. The van der Waals surface area contributed by atoms with Crippen molar-refractivity contribution < 1.29 is 14.3 Å². The molecule has 31 heavy (non-hydrogen) atoms. The lowest BCUT2D eigenvalue weighted by Crippen LogP contribution is -2.39. The molecular formula is C24H26N4O3. The molecule has 0 spiro atoms. The predicted molar refractivity (Wildman–Crippen MR) is 117 cm³/mol. The first-order valence-electron chi connectivity index (χ1n) is 10.4. The molecule has 0 fully saturated rings. The van der Waals surface area contributed by atoms with Gasteiger partial charge in [0.15, 0.2) is 0 Å². The van der Waals surface area contributed by atoms with Crippen molar-refractivity contribution in [1.29, 1.82) is 0 Å². The Balaban J connectivity index is 1.48. The molecule has 2 aromatic heterocycles. The summed E-state index contributed by atoms with van der Waals surface area (Å²) in [6.07, 6.45) is 7.70. The number of aryl methyl sites for hydroxylation is 1. The van der Waals surface area contributed by atoms with E-state index in [0.29, 0.717) is 17.5 Å². The van der Waals surface area contributed by atoms with Gasteiger partial charge in [-0.3, -0.25) is 4.79 Å². The summed E-state index contributed by atoms with van der Waals surface area (Å²) in [5.74, 6) is 0.395. The molecule has 7 nitrogen and oxygen atoms in total. The third kappa shape index (κ3) is 4.82. The zero-order valence-corrected chi connectivity index (χ0v) is 18.0. The molecular weight excluding hydrogens is 392 g/mol. The van der Waals surface area contributed by atoms with Crippen LogP contribution in [0.1, 0.15) is 41.8 Å². The smallest absolute Gasteiger partial charge is 0.316 e. The van der Waals surface area contributed by atoms with Crippen LogP contribution in [-0.2, 0) is 12.8 Å². The van der Waals surface area contributed by atoms with Crippen LogP contribution in [0.15, 0.2) is 48.9 Å². The highest BCUT2D eigenvalue weighted by Crippen LogP contribution is 2.31. The van der Waals surface area contributed by atoms with Gasteiger partial charge in [0.2, 0.25) is 5.88 Å². The number of carbonyl (C=O) groups is 1. The van der Waals surface area contributed by atoms with Crippen molar-refractivity contribution in [1.82, 2.24) is 20.3 Å². The van der Waals surface area contributed by atoms with E-state index in [2.05, 4.69) is 38.5 Å². The summed E-state index contributed by atoms with van der Waals surface area (Å²) in [6, 6.07) is 10.2. The molecule has 1 aromatic carbocycles. The maximum Gasteiger partial charge on any atom is 0.316 e. The third-order valence-corrected chi connectivity index (χ3v) is 5.30. The second kappa shape index (κ2) is 9.12. The number of nitrogens with one attached hydrogen (secondary N) is 1. The van der Waals surface area contributed by atoms with E-state index in [1.807, 2.05) is 13.8 Å². The van der Waals surface area contributed by atoms with E-state index in [1.165, 1.54) is 11.1 Å². The number of fused-ring (bicyclic) bond motifs is 1. The first-order valence-corrected chi connectivity index (χ1v) is 10.4. The average molecular weight is 418 g/mol. The first-order chi connectivity index (χ1) is 15.0. The Morgan fingerprint density at radius 3 is 2.58 bits per heavy atom. The lowest BCUT2D eigenvalue weighted by molar-refractivity contribution is 0.0933. The molecule has 4 rings (SSSR count). The summed E-state index contributed by atoms with van der Waals surface area (Å²) >= 11 is 0. The molecule has 0 unspecified atom stereocenters. The highest BCUT2D eigenvalue weighted by Gasteiger charge is 2.23. The van der Waals surface area contributed by atoms with Crippen LogP contribution in [0.2, 0.25) is 0 Å². The standard InChI is InChI=1S/C24H26N4O3/c1-15(2)31-22-10-8-17(12-25-22)23(29)28-19-9-7-16-5-4-6-20(21(16)11-19)18-13-26-24(30-3)27-14-18/h4-6,8,10,12-15,19H,7,9,11H2,1-3H3,(H,28,29)/t19-/m0/s1. The molecule has 160 valence electrons. The monoisotopic (exact) mass is 418 g/mol. The van der Waals surface area contributed by atoms with E-state index in [1.54, 1.807) is 37.8 Å². The van der Waals surface area contributed by atoms with Gasteiger partial charge in [-0.25, -0.2) is 15.0 Å². The number of hydrogen-bond donors (Lipinski definition) is 1. The van der Waals surface area contributed by atoms with Crippen LogP contribution in [0.4, 0.5) is 0 Å². The lowest BCUT2D eigenvalue weighted by atomic mass is 9.84. The summed E-state index contributed by atoms with van der Waals surface area (Å²) in [5, 5.41) is 3.16. The zero-order chi connectivity index (χ0) is 21.8. The van der Waals surface area contributed by atoms with Gasteiger partial charge in [0.1, 0.15) is 0 Å². The van der Waals surface area contributed by atoms with E-state index in [4.69, 9.17) is 9.47 Å². The minimum atomic E-state index is -0.123. The van der Waals surface area contributed by atoms with E-state index < -0.39 is 0 Å². The van der Waals surface area contributed by atoms with Crippen LogP contribution in [0.5, 0.6) is 11.9 Å². The molecule has 0 aliphatic heterocycles. The van der Waals surface area contributed by atoms with Crippen LogP contribution < -0.4 is 14.8 Å². The number of rotatable bonds is 6. The van der Waals surface area contributed by atoms with Gasteiger partial charge in [-0.05, 0) is 55.9 Å². The highest BCUT2D eigenvalue weighted by molar-refractivity contribution is 5.94. The number of nitrogens with zero attached hydrogens (tertiary/aromatic N) is 3. The number of carbonyl (C=O) groups excluding carboxylic acids is 1. The molecule has 1 N–H and O–H groups in total. The molecule has 2 heterocycles. The normalized spacial score (nSPS) is 15.3. The van der Waals surface area contributed by atoms with E-state index in [-0.39, 0.29) is 18.1 Å². The second-order valence-electron chi connectivity index (χ2n) is 7.87. The number of hydrogen-bond acceptors (Lipinski definition) is 6. The first kappa shape index (κ1) is 20.8. The number of ether oxygens (including phenoxy) is 2. The fourth-order valence-electron chi connectivity index (χ4n) is 3.84. The fourth-order valence-corrected chi connectivity index (χ4v) is 3.84. The van der Waals surface area contributed by atoms with Gasteiger partial charge < -0.3 is 14.8 Å². The van der Waals surface area contributed by atoms with Crippen LogP contribution >= 0.6 is 0 Å². The van der Waals surface area contributed by atoms with Crippen LogP contribution in [-0.4, -0.2) is 40.1 Å². The molecule has 0 saturated heterocycles. The maximum absolute atomic E-state index is 12.8. The van der Waals surface area contributed by atoms with Gasteiger partial charge in [-0.1, -0.05) is 18.2 Å². The molecule has 0 bridgehead atoms. The molecule has 1 amide bonds. The van der Waals surface area contributed by atoms with Gasteiger partial charge in [0, 0.05) is 36.3 Å². The van der Waals surface area contributed by atoms with Crippen molar-refractivity contribution in [3.63, 3.8) is 0 Å². The van der Waals surface area contributed by atoms with Gasteiger partial charge in [0.05, 0.1) is 18.8 Å². The molecule has 3 aromatic rings. The number of methoxy groups -OCH3 is 1. The topological polar surface area (TPSA) is 86.2 Å². The summed E-state index contributed by atoms with van der Waals surface area (Å²) in [4.78, 5) is 25.5. The van der Waals surface area contributed by atoms with Gasteiger partial charge in [-0.15, -0.1) is 0 Å². The minimum Gasteiger partial charge on any atom is -0.475 e. The number of pyridine rings is 1. The Morgan fingerprint density at radius 2 is 1.90 bits per heavy atom. The molecule has 0 radical (unpaired) electrons. The quantitative estimate of drug-likeness (QED) is 0.658. The Bertz CT molecular complexity index is 1050. The maximum atomic E-state index is 12.8. The number of aromatic nitrogens is 3. The van der Waals surface area contributed by atoms with Crippen molar-refractivity contribution >= 4 is 5.91 Å². The third-order valence-electron chi connectivity index (χ3n) is 5.30. The van der Waals surface area contributed by atoms with Gasteiger partial charge in [0.25, 0.3) is 5.91 Å². The SMILES string of the molecule is COc1ncc(-c2cccc3c2C[C@@H](NC(=O)c2ccc(OC(C)C)nc2)CC3)cn1. The predicted octanol–water partition coefficient (Wildman–Crippen LogP) is 3.62. The molecule has 1 aliphatic carbocycles. The Hall–Kier alpha value is -3.48. The van der Waals surface area contributed by atoms with Crippen LogP contribution in [0, 0.1) is 0 Å². The van der Waals surface area contributed by atoms with Crippen molar-refractivity contribution in [3.05, 3.63) is 65.6 Å². The fraction of sp³-hybridized carbons (Fsp3) is 0.333. The van der Waals surface area contributed by atoms with Crippen molar-refractivity contribution in [2.24, 2.45) is 0 Å². The Morgan fingerprint density at radius 1 is 1.10 bits per heavy atom. The highest BCUT2D eigenvalue weighted by atomic mass is 16.5. The Labute approximate surface area is 181 Å². The van der Waals surface area contributed by atoms with Gasteiger partial charge >= 0.3 is 6.01 Å². The van der Waals surface area contributed by atoms with E-state index in [0.717, 1.165) is 30.4 Å². The number of benzene rings is 1. The molecule has 0 saturated carbocycles. The van der Waals surface area contributed by atoms with Crippen molar-refractivity contribution in [2.75, 3.05) is 7.11 Å². The Kier molecular flexibility index (Phi) is 6.11. The summed E-state index contributed by atoms with van der Waals surface area (Å²) < 4.78 is 10.6. The summed E-state index contributed by atoms with van der Waals surface area (Å²) in [5.41, 5.74) is 5.09.